The van der Waals surface area contributed by atoms with Gasteiger partial charge in [-0.2, -0.15) is 0 Å². The molecule has 0 amide bonds. The van der Waals surface area contributed by atoms with E-state index in [0.29, 0.717) is 6.42 Å². The maximum absolute atomic E-state index is 11.6. The number of esters is 1. The fourth-order valence-corrected chi connectivity index (χ4v) is 2.28. The Morgan fingerprint density at radius 2 is 2.28 bits per heavy atom. The molecule has 0 aromatic carbocycles. The summed E-state index contributed by atoms with van der Waals surface area (Å²) in [5.74, 6) is 0.508. The number of methoxy groups -OCH3 is 1. The first kappa shape index (κ1) is 14.9. The summed E-state index contributed by atoms with van der Waals surface area (Å²) in [4.78, 5) is 11.6. The van der Waals surface area contributed by atoms with Crippen molar-refractivity contribution in [1.82, 2.24) is 25.5 Å². The zero-order valence-corrected chi connectivity index (χ0v) is 11.9. The fourth-order valence-electron chi connectivity index (χ4n) is 1.43. The molecular weight excluding hydrogens is 254 g/mol. The third-order valence-electron chi connectivity index (χ3n) is 2.24. The van der Waals surface area contributed by atoms with Crippen molar-refractivity contribution in [3.8, 4) is 0 Å². The largest absolute Gasteiger partial charge is 0.468 e. The smallest absolute Gasteiger partial charge is 0.322 e. The number of aryl methyl sites for hydroxylation is 1. The number of nitrogens with one attached hydrogen (secondary N) is 1. The molecule has 102 valence electrons. The molecule has 0 bridgehead atoms. The summed E-state index contributed by atoms with van der Waals surface area (Å²) in [6, 6.07) is -0.0562. The number of tetrazole rings is 1. The van der Waals surface area contributed by atoms with Crippen molar-refractivity contribution in [1.29, 1.82) is 0 Å². The summed E-state index contributed by atoms with van der Waals surface area (Å²) in [6.45, 7) is 3.99. The lowest BCUT2D eigenvalue weighted by Gasteiger charge is -2.18. The van der Waals surface area contributed by atoms with Crippen LogP contribution in [0, 0.1) is 0 Å². The highest BCUT2D eigenvalue weighted by Gasteiger charge is 2.19. The number of carbonyl (C=O) groups excluding carboxylic acids is 1. The summed E-state index contributed by atoms with van der Waals surface area (Å²) in [5.41, 5.74) is 0. The molecule has 18 heavy (non-hydrogen) atoms. The number of thioether (sulfide) groups is 1. The number of nitrogens with zero attached hydrogens (tertiary/aromatic N) is 4. The van der Waals surface area contributed by atoms with Gasteiger partial charge in [-0.15, -0.1) is 5.10 Å². The molecule has 1 heterocycles. The Morgan fingerprint density at radius 1 is 1.56 bits per heavy atom. The molecule has 1 rings (SSSR count). The lowest BCUT2D eigenvalue weighted by molar-refractivity contribution is -0.143. The van der Waals surface area contributed by atoms with Crippen LogP contribution < -0.4 is 5.32 Å². The molecule has 1 N–H and O–H groups in total. The molecule has 1 aromatic heterocycles. The summed E-state index contributed by atoms with van der Waals surface area (Å²) >= 11 is 1.52. The van der Waals surface area contributed by atoms with E-state index in [1.165, 1.54) is 18.9 Å². The van der Waals surface area contributed by atoms with Crippen molar-refractivity contribution in [2.24, 2.45) is 7.05 Å². The van der Waals surface area contributed by atoms with E-state index in [-0.39, 0.29) is 18.1 Å². The van der Waals surface area contributed by atoms with E-state index in [9.17, 15) is 4.79 Å². The van der Waals surface area contributed by atoms with Crippen LogP contribution >= 0.6 is 11.8 Å². The van der Waals surface area contributed by atoms with E-state index in [1.807, 2.05) is 13.8 Å². The maximum atomic E-state index is 11.6. The third-order valence-corrected chi connectivity index (χ3v) is 3.28. The van der Waals surface area contributed by atoms with Gasteiger partial charge in [0.15, 0.2) is 0 Å². The number of carbonyl (C=O) groups is 1. The second-order valence-electron chi connectivity index (χ2n) is 4.12. The van der Waals surface area contributed by atoms with Crippen LogP contribution in [0.3, 0.4) is 0 Å². The van der Waals surface area contributed by atoms with Crippen LogP contribution in [0.2, 0.25) is 0 Å². The van der Waals surface area contributed by atoms with Gasteiger partial charge in [-0.3, -0.25) is 4.79 Å². The predicted molar refractivity (Wildman–Crippen MR) is 68.2 cm³/mol. The minimum atomic E-state index is -0.288. The molecule has 0 aliphatic heterocycles. The fraction of sp³-hybridized carbons (Fsp3) is 0.800. The highest BCUT2D eigenvalue weighted by molar-refractivity contribution is 7.99. The molecule has 1 atom stereocenters. The Morgan fingerprint density at radius 3 is 2.78 bits per heavy atom. The topological polar surface area (TPSA) is 81.9 Å². The van der Waals surface area contributed by atoms with Gasteiger partial charge in [0.1, 0.15) is 6.04 Å². The van der Waals surface area contributed by atoms with Crippen LogP contribution in [0.15, 0.2) is 5.16 Å². The van der Waals surface area contributed by atoms with E-state index in [2.05, 4.69) is 20.8 Å². The molecule has 1 unspecified atom stereocenters. The van der Waals surface area contributed by atoms with Crippen molar-refractivity contribution in [3.63, 3.8) is 0 Å². The Balaban J connectivity index is 2.42. The van der Waals surface area contributed by atoms with Crippen LogP contribution in [0.25, 0.3) is 0 Å². The normalized spacial score (nSPS) is 12.7. The quantitative estimate of drug-likeness (QED) is 0.562. The molecule has 0 radical (unpaired) electrons. The Bertz CT molecular complexity index is 382. The van der Waals surface area contributed by atoms with Crippen LogP contribution in [-0.4, -0.2) is 51.1 Å². The van der Waals surface area contributed by atoms with Crippen LogP contribution in [-0.2, 0) is 16.6 Å². The van der Waals surface area contributed by atoms with Gasteiger partial charge >= 0.3 is 5.97 Å². The average Bonchev–Trinajstić information content (AvgIpc) is 2.72. The van der Waals surface area contributed by atoms with E-state index in [4.69, 9.17) is 4.74 Å². The molecule has 0 saturated heterocycles. The van der Waals surface area contributed by atoms with Crippen molar-refractivity contribution in [2.45, 2.75) is 37.5 Å². The zero-order valence-electron chi connectivity index (χ0n) is 11.1. The second-order valence-corrected chi connectivity index (χ2v) is 5.18. The summed E-state index contributed by atoms with van der Waals surface area (Å²) in [5, 5.41) is 15.1. The molecule has 7 nitrogen and oxygen atoms in total. The molecule has 8 heteroatoms. The van der Waals surface area contributed by atoms with Gasteiger partial charge in [-0.05, 0) is 16.8 Å². The first-order chi connectivity index (χ1) is 8.54. The van der Waals surface area contributed by atoms with Gasteiger partial charge in [0.2, 0.25) is 5.16 Å². The first-order valence-corrected chi connectivity index (χ1v) is 6.72. The standard InChI is InChI=1S/C10H19N5O2S/c1-7(2)11-8(9(16)17-4)5-6-18-10-12-13-14-15(10)3/h7-8,11H,5-6H2,1-4H3. The molecule has 0 saturated carbocycles. The van der Waals surface area contributed by atoms with Gasteiger partial charge in [-0.25, -0.2) is 4.68 Å². The minimum Gasteiger partial charge on any atom is -0.468 e. The Kier molecular flexibility index (Phi) is 6.06. The molecule has 0 spiro atoms. The first-order valence-electron chi connectivity index (χ1n) is 5.73. The molecule has 0 aliphatic rings. The van der Waals surface area contributed by atoms with Crippen LogP contribution in [0.4, 0.5) is 0 Å². The van der Waals surface area contributed by atoms with Crippen molar-refractivity contribution >= 4 is 17.7 Å². The number of hydrogen-bond donors (Lipinski definition) is 1. The number of ether oxygens (including phenoxy) is 1. The van der Waals surface area contributed by atoms with Gasteiger partial charge in [0.05, 0.1) is 7.11 Å². The molecule has 0 aliphatic carbocycles. The molecule has 1 aromatic rings. The van der Waals surface area contributed by atoms with Crippen LogP contribution in [0.5, 0.6) is 0 Å². The lowest BCUT2D eigenvalue weighted by Crippen LogP contribution is -2.41. The number of rotatable bonds is 7. The minimum absolute atomic E-state index is 0.232. The molecule has 0 fully saturated rings. The summed E-state index contributed by atoms with van der Waals surface area (Å²) < 4.78 is 6.37. The van der Waals surface area contributed by atoms with Gasteiger partial charge in [0, 0.05) is 18.8 Å². The van der Waals surface area contributed by atoms with Gasteiger partial charge in [-0.1, -0.05) is 25.6 Å². The van der Waals surface area contributed by atoms with E-state index in [1.54, 1.807) is 11.7 Å². The van der Waals surface area contributed by atoms with Crippen molar-refractivity contribution < 1.29 is 9.53 Å². The highest BCUT2D eigenvalue weighted by atomic mass is 32.2. The van der Waals surface area contributed by atoms with E-state index >= 15 is 0 Å². The Labute approximate surface area is 111 Å². The highest BCUT2D eigenvalue weighted by Crippen LogP contribution is 2.15. The monoisotopic (exact) mass is 273 g/mol. The third kappa shape index (κ3) is 4.61. The zero-order chi connectivity index (χ0) is 13.5. The van der Waals surface area contributed by atoms with E-state index in [0.717, 1.165) is 10.9 Å². The summed E-state index contributed by atoms with van der Waals surface area (Å²) in [6.07, 6.45) is 0.669. The van der Waals surface area contributed by atoms with Crippen molar-refractivity contribution in [2.75, 3.05) is 12.9 Å². The van der Waals surface area contributed by atoms with E-state index < -0.39 is 0 Å². The SMILES string of the molecule is COC(=O)C(CCSc1nnnn1C)NC(C)C. The second kappa shape index (κ2) is 7.32. The average molecular weight is 273 g/mol. The van der Waals surface area contributed by atoms with Crippen molar-refractivity contribution in [3.05, 3.63) is 0 Å². The molecular formula is C10H19N5O2S. The van der Waals surface area contributed by atoms with Crippen LogP contribution in [0.1, 0.15) is 20.3 Å². The predicted octanol–water partition coefficient (Wildman–Crippen LogP) is 0.232. The van der Waals surface area contributed by atoms with Gasteiger partial charge in [0.25, 0.3) is 0 Å². The number of hydrogen-bond acceptors (Lipinski definition) is 7. The number of aromatic nitrogens is 4. The Hall–Kier alpha value is -1.15. The maximum Gasteiger partial charge on any atom is 0.322 e. The summed E-state index contributed by atoms with van der Waals surface area (Å²) in [7, 11) is 3.18. The van der Waals surface area contributed by atoms with Gasteiger partial charge < -0.3 is 10.1 Å². The lowest BCUT2D eigenvalue weighted by atomic mass is 10.2.